The summed E-state index contributed by atoms with van der Waals surface area (Å²) in [6, 6.07) is 5.99. The van der Waals surface area contributed by atoms with Crippen LogP contribution in [0.5, 0.6) is 11.5 Å². The van der Waals surface area contributed by atoms with Crippen LogP contribution in [0.25, 0.3) is 0 Å². The monoisotopic (exact) mass is 264 g/mol. The number of nitrogens with one attached hydrogen (secondary N) is 1. The summed E-state index contributed by atoms with van der Waals surface area (Å²) < 4.78 is 5.07. The first-order valence-electron chi connectivity index (χ1n) is 7.01. The Morgan fingerprint density at radius 1 is 1.37 bits per heavy atom. The van der Waals surface area contributed by atoms with Crippen LogP contribution in [0.15, 0.2) is 18.2 Å². The lowest BCUT2D eigenvalue weighted by Crippen LogP contribution is -2.38. The van der Waals surface area contributed by atoms with Gasteiger partial charge in [-0.15, -0.1) is 0 Å². The first-order chi connectivity index (χ1) is 9.20. The minimum atomic E-state index is 0.292. The molecule has 2 N–H and O–H groups in total. The van der Waals surface area contributed by atoms with Crippen molar-refractivity contribution in [3.8, 4) is 11.5 Å². The van der Waals surface area contributed by atoms with Gasteiger partial charge in [-0.05, 0) is 38.9 Å². The molecule has 0 spiro atoms. The SMILES string of the molecule is COc1ccc(CNCC(C)N2CCCC2)c(O)c1. The van der Waals surface area contributed by atoms with E-state index < -0.39 is 0 Å². The number of nitrogens with zero attached hydrogens (tertiary/aromatic N) is 1. The van der Waals surface area contributed by atoms with Crippen LogP contribution in [0.3, 0.4) is 0 Å². The third kappa shape index (κ3) is 3.85. The summed E-state index contributed by atoms with van der Waals surface area (Å²) in [6.07, 6.45) is 2.65. The first kappa shape index (κ1) is 14.2. The summed E-state index contributed by atoms with van der Waals surface area (Å²) in [4.78, 5) is 2.51. The molecule has 0 amide bonds. The number of rotatable bonds is 6. The molecule has 1 heterocycles. The van der Waals surface area contributed by atoms with Crippen molar-refractivity contribution in [1.29, 1.82) is 0 Å². The number of aromatic hydroxyl groups is 1. The van der Waals surface area contributed by atoms with Crippen molar-refractivity contribution < 1.29 is 9.84 Å². The normalized spacial score (nSPS) is 17.6. The number of phenols is 1. The molecule has 1 aliphatic rings. The maximum atomic E-state index is 9.87. The predicted molar refractivity (Wildman–Crippen MR) is 76.6 cm³/mol. The predicted octanol–water partition coefficient (Wildman–Crippen LogP) is 1.97. The van der Waals surface area contributed by atoms with Gasteiger partial charge >= 0.3 is 0 Å². The van der Waals surface area contributed by atoms with Crippen molar-refractivity contribution in [3.63, 3.8) is 0 Å². The average Bonchev–Trinajstić information content (AvgIpc) is 2.94. The second kappa shape index (κ2) is 6.78. The highest BCUT2D eigenvalue weighted by molar-refractivity contribution is 5.39. The summed E-state index contributed by atoms with van der Waals surface area (Å²) in [5, 5.41) is 13.3. The van der Waals surface area contributed by atoms with E-state index in [0.29, 0.717) is 24.1 Å². The average molecular weight is 264 g/mol. The van der Waals surface area contributed by atoms with Crippen molar-refractivity contribution in [2.75, 3.05) is 26.7 Å². The van der Waals surface area contributed by atoms with Gasteiger partial charge in [0.1, 0.15) is 11.5 Å². The van der Waals surface area contributed by atoms with Gasteiger partial charge in [0.2, 0.25) is 0 Å². The first-order valence-corrected chi connectivity index (χ1v) is 7.01. The molecule has 0 bridgehead atoms. The summed E-state index contributed by atoms with van der Waals surface area (Å²) in [5.74, 6) is 0.979. The maximum absolute atomic E-state index is 9.87. The van der Waals surface area contributed by atoms with Gasteiger partial charge < -0.3 is 15.2 Å². The fourth-order valence-corrected chi connectivity index (χ4v) is 2.55. The minimum absolute atomic E-state index is 0.292. The molecule has 1 aromatic carbocycles. The van der Waals surface area contributed by atoms with E-state index >= 15 is 0 Å². The van der Waals surface area contributed by atoms with Crippen molar-refractivity contribution >= 4 is 0 Å². The van der Waals surface area contributed by atoms with Crippen molar-refractivity contribution in [2.45, 2.75) is 32.4 Å². The van der Waals surface area contributed by atoms with E-state index in [2.05, 4.69) is 17.1 Å². The van der Waals surface area contributed by atoms with Crippen molar-refractivity contribution in [3.05, 3.63) is 23.8 Å². The quantitative estimate of drug-likeness (QED) is 0.824. The molecule has 0 radical (unpaired) electrons. The Hall–Kier alpha value is -1.26. The van der Waals surface area contributed by atoms with Crippen LogP contribution in [-0.2, 0) is 6.54 Å². The van der Waals surface area contributed by atoms with Gasteiger partial charge in [0.15, 0.2) is 0 Å². The zero-order chi connectivity index (χ0) is 13.7. The lowest BCUT2D eigenvalue weighted by molar-refractivity contribution is 0.251. The Balaban J connectivity index is 1.78. The summed E-state index contributed by atoms with van der Waals surface area (Å²) >= 11 is 0. The molecule has 4 nitrogen and oxygen atoms in total. The van der Waals surface area contributed by atoms with E-state index in [1.807, 2.05) is 12.1 Å². The largest absolute Gasteiger partial charge is 0.507 e. The molecule has 4 heteroatoms. The number of methoxy groups -OCH3 is 1. The Kier molecular flexibility index (Phi) is 5.05. The number of ether oxygens (including phenoxy) is 1. The molecule has 1 fully saturated rings. The summed E-state index contributed by atoms with van der Waals surface area (Å²) in [5.41, 5.74) is 0.912. The van der Waals surface area contributed by atoms with E-state index in [0.717, 1.165) is 12.1 Å². The number of phenolic OH excluding ortho intramolecular Hbond substituents is 1. The Labute approximate surface area is 115 Å². The van der Waals surface area contributed by atoms with E-state index in [1.54, 1.807) is 13.2 Å². The van der Waals surface area contributed by atoms with Crippen LogP contribution >= 0.6 is 0 Å². The van der Waals surface area contributed by atoms with E-state index in [1.165, 1.54) is 25.9 Å². The molecule has 19 heavy (non-hydrogen) atoms. The van der Waals surface area contributed by atoms with Gasteiger partial charge in [0.25, 0.3) is 0 Å². The topological polar surface area (TPSA) is 44.7 Å². The molecule has 2 rings (SSSR count). The van der Waals surface area contributed by atoms with Crippen LogP contribution < -0.4 is 10.1 Å². The highest BCUT2D eigenvalue weighted by atomic mass is 16.5. The molecule has 0 aromatic heterocycles. The van der Waals surface area contributed by atoms with Crippen LogP contribution in [0.1, 0.15) is 25.3 Å². The van der Waals surface area contributed by atoms with Gasteiger partial charge in [-0.1, -0.05) is 6.07 Å². The molecular weight excluding hydrogens is 240 g/mol. The fourth-order valence-electron chi connectivity index (χ4n) is 2.55. The van der Waals surface area contributed by atoms with E-state index in [-0.39, 0.29) is 0 Å². The van der Waals surface area contributed by atoms with Gasteiger partial charge in [0, 0.05) is 30.8 Å². The van der Waals surface area contributed by atoms with Gasteiger partial charge in [-0.2, -0.15) is 0 Å². The van der Waals surface area contributed by atoms with Crippen LogP contribution in [-0.4, -0.2) is 42.8 Å². The number of benzene rings is 1. The highest BCUT2D eigenvalue weighted by Gasteiger charge is 2.17. The standard InChI is InChI=1S/C15H24N2O2/c1-12(17-7-3-4-8-17)10-16-11-13-5-6-14(19-2)9-15(13)18/h5-6,9,12,16,18H,3-4,7-8,10-11H2,1-2H3. The van der Waals surface area contributed by atoms with E-state index in [4.69, 9.17) is 4.74 Å². The zero-order valence-electron chi connectivity index (χ0n) is 11.9. The molecule has 1 atom stereocenters. The Morgan fingerprint density at radius 2 is 2.11 bits per heavy atom. The van der Waals surface area contributed by atoms with Gasteiger partial charge in [-0.25, -0.2) is 0 Å². The van der Waals surface area contributed by atoms with Crippen molar-refractivity contribution in [1.82, 2.24) is 10.2 Å². The minimum Gasteiger partial charge on any atom is -0.507 e. The lowest BCUT2D eigenvalue weighted by Gasteiger charge is -2.24. The Morgan fingerprint density at radius 3 is 2.74 bits per heavy atom. The molecular formula is C15H24N2O2. The number of hydrogen-bond acceptors (Lipinski definition) is 4. The van der Waals surface area contributed by atoms with E-state index in [9.17, 15) is 5.11 Å². The van der Waals surface area contributed by atoms with Crippen LogP contribution in [0, 0.1) is 0 Å². The molecule has 106 valence electrons. The third-order valence-corrected chi connectivity index (χ3v) is 3.81. The van der Waals surface area contributed by atoms with Gasteiger partial charge in [0.05, 0.1) is 7.11 Å². The summed E-state index contributed by atoms with van der Waals surface area (Å²) in [7, 11) is 1.60. The molecule has 1 aromatic rings. The molecule has 0 saturated carbocycles. The second-order valence-corrected chi connectivity index (χ2v) is 5.22. The lowest BCUT2D eigenvalue weighted by atomic mass is 10.2. The summed E-state index contributed by atoms with van der Waals surface area (Å²) in [6.45, 7) is 6.33. The molecule has 1 aliphatic heterocycles. The maximum Gasteiger partial charge on any atom is 0.123 e. The fraction of sp³-hybridized carbons (Fsp3) is 0.600. The number of hydrogen-bond donors (Lipinski definition) is 2. The van der Waals surface area contributed by atoms with Crippen LogP contribution in [0.4, 0.5) is 0 Å². The van der Waals surface area contributed by atoms with Crippen LogP contribution in [0.2, 0.25) is 0 Å². The third-order valence-electron chi connectivity index (χ3n) is 3.81. The molecule has 1 saturated heterocycles. The molecule has 0 aliphatic carbocycles. The zero-order valence-corrected chi connectivity index (χ0v) is 11.9. The second-order valence-electron chi connectivity index (χ2n) is 5.22. The number of likely N-dealkylation sites (tertiary alicyclic amines) is 1. The Bertz CT molecular complexity index is 403. The van der Waals surface area contributed by atoms with Gasteiger partial charge in [-0.3, -0.25) is 4.90 Å². The van der Waals surface area contributed by atoms with Crippen molar-refractivity contribution in [2.24, 2.45) is 0 Å². The molecule has 1 unspecified atom stereocenters. The smallest absolute Gasteiger partial charge is 0.123 e. The highest BCUT2D eigenvalue weighted by Crippen LogP contribution is 2.23.